The molecule has 0 bridgehead atoms. The summed E-state index contributed by atoms with van der Waals surface area (Å²) < 4.78 is 0. The van der Waals surface area contributed by atoms with Crippen LogP contribution in [0.3, 0.4) is 0 Å². The second-order valence-corrected chi connectivity index (χ2v) is 6.80. The Morgan fingerprint density at radius 1 is 1.32 bits per heavy atom. The van der Waals surface area contributed by atoms with Crippen molar-refractivity contribution in [3.63, 3.8) is 0 Å². The Morgan fingerprint density at radius 2 is 2.26 bits per heavy atom. The Balaban J connectivity index is 1.95. The van der Waals surface area contributed by atoms with Gasteiger partial charge in [-0.25, -0.2) is 0 Å². The summed E-state index contributed by atoms with van der Waals surface area (Å²) in [6, 6.07) is 4.12. The van der Waals surface area contributed by atoms with E-state index in [-0.39, 0.29) is 12.5 Å². The number of thiophene rings is 2. The molecule has 3 heterocycles. The minimum Gasteiger partial charge on any atom is -0.316 e. The van der Waals surface area contributed by atoms with Gasteiger partial charge in [0.1, 0.15) is 11.5 Å². The number of nitrogens with one attached hydrogen (secondary N) is 1. The summed E-state index contributed by atoms with van der Waals surface area (Å²) in [4.78, 5) is 18.9. The highest BCUT2D eigenvalue weighted by Gasteiger charge is 2.28. The van der Waals surface area contributed by atoms with Crippen LogP contribution in [0.2, 0.25) is 0 Å². The topological polar surface area (TPSA) is 41.5 Å². The molecule has 5 heteroatoms. The molecule has 19 heavy (non-hydrogen) atoms. The monoisotopic (exact) mass is 288 g/mol. The lowest BCUT2D eigenvalue weighted by molar-refractivity contribution is -0.114. The summed E-state index contributed by atoms with van der Waals surface area (Å²) in [6.07, 6.45) is 3.47. The van der Waals surface area contributed by atoms with E-state index in [1.807, 2.05) is 6.07 Å². The lowest BCUT2D eigenvalue weighted by Gasteiger charge is -2.05. The molecule has 1 aliphatic heterocycles. The molecule has 0 spiro atoms. The second kappa shape index (κ2) is 4.28. The van der Waals surface area contributed by atoms with Crippen LogP contribution in [0.4, 0.5) is 5.00 Å². The zero-order chi connectivity index (χ0) is 12.8. The largest absolute Gasteiger partial charge is 0.316 e. The van der Waals surface area contributed by atoms with Gasteiger partial charge in [-0.15, -0.1) is 22.7 Å². The van der Waals surface area contributed by atoms with Crippen molar-refractivity contribution in [1.82, 2.24) is 0 Å². The lowest BCUT2D eigenvalue weighted by atomic mass is 10.0. The molecule has 96 valence electrons. The maximum Gasteiger partial charge on any atom is 0.246 e. The number of rotatable bonds is 1. The first-order valence-corrected chi connectivity index (χ1v) is 8.05. The zero-order valence-electron chi connectivity index (χ0n) is 10.2. The third kappa shape index (κ3) is 1.76. The van der Waals surface area contributed by atoms with Gasteiger partial charge in [-0.2, -0.15) is 0 Å². The van der Waals surface area contributed by atoms with Crippen molar-refractivity contribution in [2.24, 2.45) is 4.99 Å². The molecule has 0 atom stereocenters. The van der Waals surface area contributed by atoms with Gasteiger partial charge >= 0.3 is 0 Å². The first kappa shape index (κ1) is 11.4. The lowest BCUT2D eigenvalue weighted by Crippen LogP contribution is -2.12. The average Bonchev–Trinajstić information content (AvgIpc) is 3.07. The third-order valence-electron chi connectivity index (χ3n) is 3.55. The Kier molecular flexibility index (Phi) is 2.56. The van der Waals surface area contributed by atoms with Crippen LogP contribution in [0.25, 0.3) is 0 Å². The van der Waals surface area contributed by atoms with Crippen LogP contribution in [-0.2, 0) is 17.6 Å². The molecule has 2 aromatic rings. The van der Waals surface area contributed by atoms with Crippen molar-refractivity contribution in [2.75, 3.05) is 11.9 Å². The number of anilines is 1. The fourth-order valence-electron chi connectivity index (χ4n) is 2.75. The predicted octanol–water partition coefficient (Wildman–Crippen LogP) is 3.09. The quantitative estimate of drug-likeness (QED) is 0.861. The molecule has 1 N–H and O–H groups in total. The molecule has 2 aromatic heterocycles. The van der Waals surface area contributed by atoms with Crippen LogP contribution >= 0.6 is 22.7 Å². The summed E-state index contributed by atoms with van der Waals surface area (Å²) in [5.41, 5.74) is 3.60. The highest BCUT2D eigenvalue weighted by molar-refractivity contribution is 7.17. The number of carbonyl (C=O) groups is 1. The van der Waals surface area contributed by atoms with Crippen molar-refractivity contribution in [3.05, 3.63) is 38.4 Å². The van der Waals surface area contributed by atoms with Gasteiger partial charge in [-0.1, -0.05) is 6.07 Å². The zero-order valence-corrected chi connectivity index (χ0v) is 11.9. The molecule has 4 rings (SSSR count). The normalized spacial score (nSPS) is 17.5. The van der Waals surface area contributed by atoms with Gasteiger partial charge < -0.3 is 5.32 Å². The van der Waals surface area contributed by atoms with Crippen LogP contribution in [0.15, 0.2) is 22.5 Å². The fourth-order valence-corrected chi connectivity index (χ4v) is 4.80. The minimum atomic E-state index is -0.00673. The van der Waals surface area contributed by atoms with Crippen molar-refractivity contribution in [1.29, 1.82) is 0 Å². The van der Waals surface area contributed by atoms with Gasteiger partial charge in [0.2, 0.25) is 5.91 Å². The van der Waals surface area contributed by atoms with E-state index in [2.05, 4.69) is 21.8 Å². The SMILES string of the molecule is O=C1CN=C(c2cccs2)c2c(sc3c2CCC3)N1. The first-order valence-electron chi connectivity index (χ1n) is 6.36. The van der Waals surface area contributed by atoms with Gasteiger partial charge in [-0.3, -0.25) is 9.79 Å². The van der Waals surface area contributed by atoms with Crippen molar-refractivity contribution >= 4 is 39.3 Å². The molecule has 3 nitrogen and oxygen atoms in total. The standard InChI is InChI=1S/C14H12N2OS2/c17-11-7-15-13(10-5-2-6-18-10)12-8-3-1-4-9(8)19-14(12)16-11/h2,5-6H,1,3-4,7H2,(H,16,17). The number of fused-ring (bicyclic) bond motifs is 3. The Hall–Kier alpha value is -1.46. The van der Waals surface area contributed by atoms with E-state index in [1.54, 1.807) is 22.7 Å². The molecule has 0 aromatic carbocycles. The fraction of sp³-hybridized carbons (Fsp3) is 0.286. The molecule has 1 aliphatic carbocycles. The van der Waals surface area contributed by atoms with Gasteiger partial charge in [0.15, 0.2) is 0 Å². The molecule has 1 amide bonds. The van der Waals surface area contributed by atoms with Gasteiger partial charge in [0.25, 0.3) is 0 Å². The number of amides is 1. The molecule has 0 radical (unpaired) electrons. The smallest absolute Gasteiger partial charge is 0.246 e. The van der Waals surface area contributed by atoms with E-state index >= 15 is 0 Å². The van der Waals surface area contributed by atoms with Crippen LogP contribution in [0.1, 0.15) is 27.3 Å². The Morgan fingerprint density at radius 3 is 3.11 bits per heavy atom. The number of hydrogen-bond acceptors (Lipinski definition) is 4. The van der Waals surface area contributed by atoms with Crippen LogP contribution in [-0.4, -0.2) is 18.2 Å². The number of hydrogen-bond donors (Lipinski definition) is 1. The second-order valence-electron chi connectivity index (χ2n) is 4.75. The van der Waals surface area contributed by atoms with Gasteiger partial charge in [0.05, 0.1) is 10.6 Å². The summed E-state index contributed by atoms with van der Waals surface area (Å²) in [5.74, 6) is -0.00673. The van der Waals surface area contributed by atoms with Crippen molar-refractivity contribution in [3.8, 4) is 0 Å². The molecule has 0 saturated carbocycles. The molecule has 2 aliphatic rings. The number of nitrogens with zero attached hydrogens (tertiary/aromatic N) is 1. The highest BCUT2D eigenvalue weighted by atomic mass is 32.1. The maximum absolute atomic E-state index is 11.8. The molecule has 0 saturated heterocycles. The summed E-state index contributed by atoms with van der Waals surface area (Å²) in [6.45, 7) is 0.226. The molecule has 0 fully saturated rings. The summed E-state index contributed by atoms with van der Waals surface area (Å²) in [5, 5.41) is 6.07. The van der Waals surface area contributed by atoms with E-state index in [1.165, 1.54) is 22.4 Å². The van der Waals surface area contributed by atoms with E-state index in [0.717, 1.165) is 28.4 Å². The molecule has 0 unspecified atom stereocenters. The van der Waals surface area contributed by atoms with Crippen molar-refractivity contribution < 1.29 is 4.79 Å². The van der Waals surface area contributed by atoms with Crippen LogP contribution in [0.5, 0.6) is 0 Å². The number of carbonyl (C=O) groups excluding carboxylic acids is 1. The van der Waals surface area contributed by atoms with Crippen molar-refractivity contribution in [2.45, 2.75) is 19.3 Å². The average molecular weight is 288 g/mol. The predicted molar refractivity (Wildman–Crippen MR) is 79.8 cm³/mol. The van der Waals surface area contributed by atoms with Gasteiger partial charge in [-0.05, 0) is 36.3 Å². The molecular formula is C14H12N2OS2. The Bertz CT molecular complexity index is 683. The third-order valence-corrected chi connectivity index (χ3v) is 5.63. The Labute approximate surface area is 119 Å². The highest BCUT2D eigenvalue weighted by Crippen LogP contribution is 2.41. The summed E-state index contributed by atoms with van der Waals surface area (Å²) in [7, 11) is 0. The van der Waals surface area contributed by atoms with Gasteiger partial charge in [0, 0.05) is 10.4 Å². The van der Waals surface area contributed by atoms with E-state index in [9.17, 15) is 4.79 Å². The van der Waals surface area contributed by atoms with E-state index < -0.39 is 0 Å². The van der Waals surface area contributed by atoms with Crippen LogP contribution < -0.4 is 5.32 Å². The minimum absolute atomic E-state index is 0.00673. The summed E-state index contributed by atoms with van der Waals surface area (Å²) >= 11 is 3.42. The molecular weight excluding hydrogens is 276 g/mol. The first-order chi connectivity index (χ1) is 9.33. The maximum atomic E-state index is 11.8. The number of aryl methyl sites for hydroxylation is 1. The van der Waals surface area contributed by atoms with Crippen LogP contribution in [0, 0.1) is 0 Å². The van der Waals surface area contributed by atoms with E-state index in [0.29, 0.717) is 0 Å². The number of aliphatic imine (C=N–C) groups is 1. The van der Waals surface area contributed by atoms with E-state index in [4.69, 9.17) is 0 Å².